The molecule has 0 atom stereocenters. The average Bonchev–Trinajstić information content (AvgIpc) is 2.59. The molecule has 3 rings (SSSR count). The molecule has 0 N–H and O–H groups in total. The van der Waals surface area contributed by atoms with E-state index in [-0.39, 0.29) is 23.3 Å². The second-order valence-electron chi connectivity index (χ2n) is 7.75. The molecular formula is C20H26N2O3S. The van der Waals surface area contributed by atoms with Gasteiger partial charge in [0.1, 0.15) is 5.60 Å². The van der Waals surface area contributed by atoms with Crippen LogP contribution in [0.4, 0.5) is 0 Å². The first-order valence-corrected chi connectivity index (χ1v) is 10.2. The van der Waals surface area contributed by atoms with Gasteiger partial charge in [0.2, 0.25) is 0 Å². The molecular weight excluding hydrogens is 348 g/mol. The molecule has 2 aromatic rings. The summed E-state index contributed by atoms with van der Waals surface area (Å²) in [7, 11) is 0. The summed E-state index contributed by atoms with van der Waals surface area (Å²) in [5.41, 5.74) is 0.155. The lowest BCUT2D eigenvalue weighted by Gasteiger charge is -2.26. The number of carbonyl (C=O) groups excluding carboxylic acids is 1. The predicted octanol–water partition coefficient (Wildman–Crippen LogP) is 4.34. The molecule has 1 aliphatic carbocycles. The maximum absolute atomic E-state index is 13.1. The van der Waals surface area contributed by atoms with Gasteiger partial charge >= 0.3 is 5.97 Å². The molecule has 0 bridgehead atoms. The molecule has 1 aliphatic rings. The van der Waals surface area contributed by atoms with Crippen molar-refractivity contribution in [2.24, 2.45) is 0 Å². The molecule has 6 heteroatoms. The monoisotopic (exact) mass is 374 g/mol. The highest BCUT2D eigenvalue weighted by Crippen LogP contribution is 2.31. The van der Waals surface area contributed by atoms with E-state index in [4.69, 9.17) is 9.72 Å². The molecule has 1 aromatic carbocycles. The van der Waals surface area contributed by atoms with Crippen LogP contribution in [0.25, 0.3) is 10.9 Å². The first kappa shape index (κ1) is 19.0. The highest BCUT2D eigenvalue weighted by atomic mass is 32.2. The topological polar surface area (TPSA) is 61.2 Å². The minimum absolute atomic E-state index is 0.00538. The van der Waals surface area contributed by atoms with Crippen LogP contribution in [0.1, 0.15) is 58.9 Å². The van der Waals surface area contributed by atoms with Crippen LogP contribution in [0.3, 0.4) is 0 Å². The number of aromatic nitrogens is 2. The van der Waals surface area contributed by atoms with Crippen LogP contribution in [-0.4, -0.2) is 26.9 Å². The number of esters is 1. The van der Waals surface area contributed by atoms with Crippen molar-refractivity contribution in [2.45, 2.75) is 69.7 Å². The van der Waals surface area contributed by atoms with Crippen LogP contribution in [-0.2, 0) is 9.53 Å². The summed E-state index contributed by atoms with van der Waals surface area (Å²) >= 11 is 1.30. The second-order valence-corrected chi connectivity index (χ2v) is 8.70. The van der Waals surface area contributed by atoms with E-state index in [9.17, 15) is 9.59 Å². The molecule has 26 heavy (non-hydrogen) atoms. The molecule has 1 aromatic heterocycles. The average molecular weight is 375 g/mol. The largest absolute Gasteiger partial charge is 0.459 e. The number of ether oxygens (including phenoxy) is 1. The number of nitrogens with zero attached hydrogens (tertiary/aromatic N) is 2. The summed E-state index contributed by atoms with van der Waals surface area (Å²) in [6.45, 7) is 5.55. The Morgan fingerprint density at radius 1 is 1.23 bits per heavy atom. The third-order valence-corrected chi connectivity index (χ3v) is 5.38. The van der Waals surface area contributed by atoms with Gasteiger partial charge in [0.15, 0.2) is 5.16 Å². The molecule has 1 heterocycles. The van der Waals surface area contributed by atoms with E-state index < -0.39 is 5.60 Å². The van der Waals surface area contributed by atoms with Gasteiger partial charge in [-0.3, -0.25) is 14.2 Å². The number of thioether (sulfide) groups is 1. The van der Waals surface area contributed by atoms with E-state index in [1.165, 1.54) is 18.2 Å². The van der Waals surface area contributed by atoms with Gasteiger partial charge in [-0.1, -0.05) is 43.2 Å². The van der Waals surface area contributed by atoms with Gasteiger partial charge in [-0.05, 0) is 45.7 Å². The first-order valence-electron chi connectivity index (χ1n) is 9.21. The Bertz CT molecular complexity index is 848. The lowest BCUT2D eigenvalue weighted by Crippen LogP contribution is -2.29. The fourth-order valence-electron chi connectivity index (χ4n) is 3.38. The van der Waals surface area contributed by atoms with Crippen molar-refractivity contribution < 1.29 is 9.53 Å². The molecule has 5 nitrogen and oxygen atoms in total. The quantitative estimate of drug-likeness (QED) is 0.453. The molecule has 0 aliphatic heterocycles. The second kappa shape index (κ2) is 7.82. The molecule has 1 saturated carbocycles. The number of carbonyl (C=O) groups is 1. The van der Waals surface area contributed by atoms with Crippen molar-refractivity contribution in [1.82, 2.24) is 9.55 Å². The van der Waals surface area contributed by atoms with Crippen molar-refractivity contribution in [1.29, 1.82) is 0 Å². The van der Waals surface area contributed by atoms with Crippen molar-refractivity contribution in [3.8, 4) is 0 Å². The Hall–Kier alpha value is -1.82. The van der Waals surface area contributed by atoms with Crippen LogP contribution in [0.2, 0.25) is 0 Å². The lowest BCUT2D eigenvalue weighted by atomic mass is 9.95. The number of hydrogen-bond acceptors (Lipinski definition) is 5. The number of benzene rings is 1. The Kier molecular flexibility index (Phi) is 5.70. The number of rotatable bonds is 4. The fourth-order valence-corrected chi connectivity index (χ4v) is 4.22. The van der Waals surface area contributed by atoms with Crippen LogP contribution < -0.4 is 5.56 Å². The Labute approximate surface area is 158 Å². The van der Waals surface area contributed by atoms with Crippen molar-refractivity contribution in [3.63, 3.8) is 0 Å². The maximum Gasteiger partial charge on any atom is 0.316 e. The maximum atomic E-state index is 13.1. The zero-order chi connectivity index (χ0) is 18.7. The van der Waals surface area contributed by atoms with Crippen molar-refractivity contribution in [2.75, 3.05) is 5.75 Å². The summed E-state index contributed by atoms with van der Waals surface area (Å²) in [6, 6.07) is 7.58. The van der Waals surface area contributed by atoms with Crippen molar-refractivity contribution >= 4 is 28.6 Å². The molecule has 0 amide bonds. The Morgan fingerprint density at radius 2 is 1.92 bits per heavy atom. The number of para-hydroxylation sites is 1. The van der Waals surface area contributed by atoms with Gasteiger partial charge in [-0.2, -0.15) is 0 Å². The van der Waals surface area contributed by atoms with Crippen LogP contribution in [0.15, 0.2) is 34.2 Å². The van der Waals surface area contributed by atoms with Crippen LogP contribution >= 0.6 is 11.8 Å². The van der Waals surface area contributed by atoms with E-state index in [1.54, 1.807) is 0 Å². The normalized spacial score (nSPS) is 16.0. The summed E-state index contributed by atoms with van der Waals surface area (Å²) in [4.78, 5) is 29.9. The summed E-state index contributed by atoms with van der Waals surface area (Å²) in [5.74, 6) is -0.144. The molecule has 1 fully saturated rings. The van der Waals surface area contributed by atoms with E-state index in [0.29, 0.717) is 16.1 Å². The molecule has 0 saturated heterocycles. The van der Waals surface area contributed by atoms with Gasteiger partial charge in [-0.25, -0.2) is 4.98 Å². The van der Waals surface area contributed by atoms with Crippen LogP contribution in [0.5, 0.6) is 0 Å². The summed E-state index contributed by atoms with van der Waals surface area (Å²) in [6.07, 6.45) is 5.44. The Balaban J connectivity index is 1.94. The lowest BCUT2D eigenvalue weighted by molar-refractivity contribution is -0.151. The van der Waals surface area contributed by atoms with Gasteiger partial charge in [0.05, 0.1) is 16.7 Å². The van der Waals surface area contributed by atoms with E-state index >= 15 is 0 Å². The zero-order valence-corrected chi connectivity index (χ0v) is 16.5. The summed E-state index contributed by atoms with van der Waals surface area (Å²) in [5, 5.41) is 1.26. The number of fused-ring (bicyclic) bond motifs is 1. The van der Waals surface area contributed by atoms with Crippen LogP contribution in [0, 0.1) is 0 Å². The molecule has 0 spiro atoms. The molecule has 0 unspecified atom stereocenters. The van der Waals surface area contributed by atoms with Gasteiger partial charge < -0.3 is 4.74 Å². The predicted molar refractivity (Wildman–Crippen MR) is 105 cm³/mol. The Morgan fingerprint density at radius 3 is 2.62 bits per heavy atom. The zero-order valence-electron chi connectivity index (χ0n) is 15.7. The van der Waals surface area contributed by atoms with Gasteiger partial charge in [-0.15, -0.1) is 0 Å². The third-order valence-electron chi connectivity index (χ3n) is 4.45. The van der Waals surface area contributed by atoms with E-state index in [0.717, 1.165) is 25.7 Å². The molecule has 140 valence electrons. The minimum atomic E-state index is -0.516. The minimum Gasteiger partial charge on any atom is -0.459 e. The smallest absolute Gasteiger partial charge is 0.316 e. The van der Waals surface area contributed by atoms with Gasteiger partial charge in [0, 0.05) is 6.04 Å². The number of hydrogen-bond donors (Lipinski definition) is 0. The standard InChI is InChI=1S/C20H26N2O3S/c1-20(2,3)25-17(23)13-26-19-21-16-12-8-7-11-15(16)18(24)22(19)14-9-5-4-6-10-14/h7-8,11-12,14H,4-6,9-10,13H2,1-3H3. The highest BCUT2D eigenvalue weighted by molar-refractivity contribution is 7.99. The van der Waals surface area contributed by atoms with Crippen molar-refractivity contribution in [3.05, 3.63) is 34.6 Å². The SMILES string of the molecule is CC(C)(C)OC(=O)CSc1nc2ccccc2c(=O)n1C1CCCCC1. The van der Waals surface area contributed by atoms with E-state index in [1.807, 2.05) is 49.6 Å². The third kappa shape index (κ3) is 4.47. The first-order chi connectivity index (χ1) is 12.3. The fraction of sp³-hybridized carbons (Fsp3) is 0.550. The summed E-state index contributed by atoms with van der Waals surface area (Å²) < 4.78 is 7.20. The van der Waals surface area contributed by atoms with Gasteiger partial charge in [0.25, 0.3) is 5.56 Å². The van der Waals surface area contributed by atoms with E-state index in [2.05, 4.69) is 0 Å². The molecule has 0 radical (unpaired) electrons. The highest BCUT2D eigenvalue weighted by Gasteiger charge is 2.23.